The van der Waals surface area contributed by atoms with Crippen LogP contribution >= 0.6 is 0 Å². The van der Waals surface area contributed by atoms with E-state index in [1.54, 1.807) is 0 Å². The van der Waals surface area contributed by atoms with Gasteiger partial charge in [0.25, 0.3) is 0 Å². The van der Waals surface area contributed by atoms with Gasteiger partial charge >= 0.3 is 0 Å². The predicted molar refractivity (Wildman–Crippen MR) is 115 cm³/mol. The minimum atomic E-state index is 0. The third-order valence-corrected chi connectivity index (χ3v) is 5.90. The Hall–Kier alpha value is 0.210. The summed E-state index contributed by atoms with van der Waals surface area (Å²) in [7, 11) is 4.55. The van der Waals surface area contributed by atoms with Crippen molar-refractivity contribution in [2.45, 2.75) is 129 Å². The van der Waals surface area contributed by atoms with Gasteiger partial charge in [0.2, 0.25) is 0 Å². The number of hydrogen-bond acceptors (Lipinski definition) is 1. The van der Waals surface area contributed by atoms with Gasteiger partial charge in [0.05, 0.1) is 20.6 Å². The summed E-state index contributed by atoms with van der Waals surface area (Å²) in [5.74, 6) is 0. The minimum Gasteiger partial charge on any atom is -1.00 e. The molecule has 0 spiro atoms. The lowest BCUT2D eigenvalue weighted by atomic mass is 10.0. The van der Waals surface area contributed by atoms with Crippen LogP contribution in [0.3, 0.4) is 0 Å². The highest BCUT2D eigenvalue weighted by Gasteiger charge is 2.21. The molecule has 1 atom stereocenters. The average molecular weight is 391 g/mol. The van der Waals surface area contributed by atoms with Crippen molar-refractivity contribution >= 4 is 0 Å². The maximum atomic E-state index is 6.19. The van der Waals surface area contributed by atoms with Crippen molar-refractivity contribution in [3.05, 3.63) is 0 Å². The summed E-state index contributed by atoms with van der Waals surface area (Å²) in [4.78, 5) is 0. The Labute approximate surface area is 172 Å². The Bertz CT molecular complexity index is 269. The quantitative estimate of drug-likeness (QED) is 0.201. The molecular weight excluding hydrogens is 340 g/mol. The molecule has 0 saturated carbocycles. The van der Waals surface area contributed by atoms with E-state index in [9.17, 15) is 0 Å². The van der Waals surface area contributed by atoms with Crippen LogP contribution in [0.25, 0.3) is 0 Å². The fraction of sp³-hybridized carbons (Fsp3) is 1.00. The summed E-state index contributed by atoms with van der Waals surface area (Å²) in [6.07, 6.45) is 24.4. The molecule has 2 nitrogen and oxygen atoms in total. The van der Waals surface area contributed by atoms with Crippen LogP contribution in [-0.2, 0) is 0 Å². The minimum absolute atomic E-state index is 0. The number of hydrogen-bond donors (Lipinski definition) is 1. The first kappa shape index (κ1) is 28.4. The number of unbranched alkanes of at least 4 members (excludes halogenated alkanes) is 15. The summed E-state index contributed by atoms with van der Waals surface area (Å²) < 4.78 is 0.981. The van der Waals surface area contributed by atoms with Crippen LogP contribution in [0.15, 0.2) is 0 Å². The number of quaternary nitrogens is 1. The number of nitrogens with zero attached hydrogens (tertiary/aromatic N) is 1. The monoisotopic (exact) mass is 390 g/mol. The molecule has 1 unspecified atom stereocenters. The van der Waals surface area contributed by atoms with Crippen LogP contribution in [0.1, 0.15) is 123 Å². The Balaban J connectivity index is 0. The zero-order chi connectivity index (χ0) is 18.8. The SMILES string of the molecule is CCCCCCCCCCCCCCCCCC[N+](C)(C)C(N)CC.[Cl-]. The van der Waals surface area contributed by atoms with Crippen molar-refractivity contribution in [2.75, 3.05) is 20.6 Å². The standard InChI is InChI=1S/C23H51N2.ClH/c1-5-7-8-9-10-11-12-13-14-15-16-17-18-19-20-21-22-25(3,4)23(24)6-2;/h23H,5-22,24H2,1-4H3;1H/q+1;/p-1. The molecule has 0 heterocycles. The first-order valence-electron chi connectivity index (χ1n) is 11.6. The van der Waals surface area contributed by atoms with E-state index >= 15 is 0 Å². The normalized spacial score (nSPS) is 12.8. The Morgan fingerprint density at radius 3 is 1.19 bits per heavy atom. The van der Waals surface area contributed by atoms with Gasteiger partial charge in [-0.05, 0) is 12.8 Å². The predicted octanol–water partition coefficient (Wildman–Crippen LogP) is 4.02. The van der Waals surface area contributed by atoms with Crippen molar-refractivity contribution in [3.63, 3.8) is 0 Å². The van der Waals surface area contributed by atoms with Crippen molar-refractivity contribution in [1.29, 1.82) is 0 Å². The lowest BCUT2D eigenvalue weighted by Gasteiger charge is -2.35. The summed E-state index contributed by atoms with van der Waals surface area (Å²) in [5.41, 5.74) is 6.19. The molecule has 3 heteroatoms. The van der Waals surface area contributed by atoms with Crippen molar-refractivity contribution in [1.82, 2.24) is 0 Å². The smallest absolute Gasteiger partial charge is 0.139 e. The zero-order valence-electron chi connectivity index (χ0n) is 18.7. The molecule has 0 aliphatic heterocycles. The third kappa shape index (κ3) is 17.6. The van der Waals surface area contributed by atoms with E-state index in [0.29, 0.717) is 6.17 Å². The highest BCUT2D eigenvalue weighted by molar-refractivity contribution is 4.51. The molecule has 0 saturated heterocycles. The van der Waals surface area contributed by atoms with Gasteiger partial charge in [-0.1, -0.05) is 104 Å². The van der Waals surface area contributed by atoms with Gasteiger partial charge < -0.3 is 16.9 Å². The molecule has 0 radical (unpaired) electrons. The molecule has 0 aliphatic rings. The topological polar surface area (TPSA) is 26.0 Å². The largest absolute Gasteiger partial charge is 1.00 e. The average Bonchev–Trinajstić information content (AvgIpc) is 2.60. The lowest BCUT2D eigenvalue weighted by Crippen LogP contribution is -3.00. The molecule has 160 valence electrons. The fourth-order valence-electron chi connectivity index (χ4n) is 3.73. The van der Waals surface area contributed by atoms with Gasteiger partial charge in [0.1, 0.15) is 6.17 Å². The Kier molecular flexibility index (Phi) is 21.8. The van der Waals surface area contributed by atoms with E-state index in [2.05, 4.69) is 27.9 Å². The fourth-order valence-corrected chi connectivity index (χ4v) is 3.73. The molecule has 0 aliphatic carbocycles. The van der Waals surface area contributed by atoms with Gasteiger partial charge in [-0.15, -0.1) is 0 Å². The van der Waals surface area contributed by atoms with E-state index in [1.165, 1.54) is 109 Å². The molecule has 26 heavy (non-hydrogen) atoms. The maximum absolute atomic E-state index is 6.19. The van der Waals surface area contributed by atoms with Gasteiger partial charge in [0.15, 0.2) is 0 Å². The summed E-state index contributed by atoms with van der Waals surface area (Å²) >= 11 is 0. The second-order valence-electron chi connectivity index (χ2n) is 8.78. The molecular formula is C23H51ClN2. The van der Waals surface area contributed by atoms with Crippen molar-refractivity contribution in [2.24, 2.45) is 5.73 Å². The van der Waals surface area contributed by atoms with Gasteiger partial charge in [-0.2, -0.15) is 0 Å². The van der Waals surface area contributed by atoms with Crippen LogP contribution in [0.4, 0.5) is 0 Å². The van der Waals surface area contributed by atoms with E-state index in [4.69, 9.17) is 5.73 Å². The summed E-state index contributed by atoms with van der Waals surface area (Å²) in [5, 5.41) is 0. The van der Waals surface area contributed by atoms with E-state index < -0.39 is 0 Å². The first-order chi connectivity index (χ1) is 12.0. The number of halogens is 1. The molecule has 0 aromatic rings. The van der Waals surface area contributed by atoms with Crippen LogP contribution < -0.4 is 18.1 Å². The van der Waals surface area contributed by atoms with Crippen LogP contribution in [0, 0.1) is 0 Å². The van der Waals surface area contributed by atoms with Gasteiger partial charge in [-0.25, -0.2) is 0 Å². The Morgan fingerprint density at radius 1 is 0.577 bits per heavy atom. The highest BCUT2D eigenvalue weighted by Crippen LogP contribution is 2.14. The van der Waals surface area contributed by atoms with E-state index in [1.807, 2.05) is 0 Å². The molecule has 0 fully saturated rings. The molecule has 0 bridgehead atoms. The van der Waals surface area contributed by atoms with E-state index in [-0.39, 0.29) is 12.4 Å². The second-order valence-corrected chi connectivity index (χ2v) is 8.78. The van der Waals surface area contributed by atoms with Crippen LogP contribution in [0.2, 0.25) is 0 Å². The first-order valence-corrected chi connectivity index (χ1v) is 11.6. The van der Waals surface area contributed by atoms with E-state index in [0.717, 1.165) is 10.9 Å². The highest BCUT2D eigenvalue weighted by atomic mass is 35.5. The van der Waals surface area contributed by atoms with Crippen LogP contribution in [0.5, 0.6) is 0 Å². The number of nitrogens with two attached hydrogens (primary N) is 1. The van der Waals surface area contributed by atoms with Gasteiger partial charge in [-0.3, -0.25) is 5.73 Å². The lowest BCUT2D eigenvalue weighted by molar-refractivity contribution is -0.915. The van der Waals surface area contributed by atoms with Crippen molar-refractivity contribution in [3.8, 4) is 0 Å². The summed E-state index contributed by atoms with van der Waals surface area (Å²) in [6, 6.07) is 0. The maximum Gasteiger partial charge on any atom is 0.139 e. The molecule has 0 rings (SSSR count). The van der Waals surface area contributed by atoms with Crippen LogP contribution in [-0.4, -0.2) is 31.3 Å². The molecule has 0 amide bonds. The number of rotatable bonds is 19. The Morgan fingerprint density at radius 2 is 0.885 bits per heavy atom. The zero-order valence-corrected chi connectivity index (χ0v) is 19.5. The molecule has 0 aromatic heterocycles. The second kappa shape index (κ2) is 20.0. The third-order valence-electron chi connectivity index (χ3n) is 5.90. The summed E-state index contributed by atoms with van der Waals surface area (Å²) in [6.45, 7) is 5.72. The van der Waals surface area contributed by atoms with Gasteiger partial charge in [0, 0.05) is 6.42 Å². The molecule has 0 aromatic carbocycles. The molecule has 2 N–H and O–H groups in total. The van der Waals surface area contributed by atoms with Crippen molar-refractivity contribution < 1.29 is 16.9 Å².